The van der Waals surface area contributed by atoms with Crippen LogP contribution in [0.5, 0.6) is 0 Å². The Bertz CT molecular complexity index is 1020. The van der Waals surface area contributed by atoms with Gasteiger partial charge in [0.2, 0.25) is 0 Å². The first-order valence-electron chi connectivity index (χ1n) is 8.29. The highest BCUT2D eigenvalue weighted by atomic mass is 32.2. The van der Waals surface area contributed by atoms with Crippen LogP contribution in [-0.2, 0) is 5.75 Å². The van der Waals surface area contributed by atoms with Crippen molar-refractivity contribution < 1.29 is 5.11 Å². The molecule has 4 rings (SSSR count). The monoisotopic (exact) mass is 395 g/mol. The molecular weight excluding hydrogens is 378 g/mol. The number of hydrogen-bond donors (Lipinski definition) is 2. The SMILES string of the molecule is Nc1nc(CSc2nnc([C@@H](O)c3ccccc3)n2-c2ccccc2)cs1. The summed E-state index contributed by atoms with van der Waals surface area (Å²) in [4.78, 5) is 4.29. The van der Waals surface area contributed by atoms with E-state index in [9.17, 15) is 5.11 Å². The molecule has 136 valence electrons. The average Bonchev–Trinajstić information content (AvgIpc) is 3.33. The van der Waals surface area contributed by atoms with E-state index >= 15 is 0 Å². The number of thiazole rings is 1. The second-order valence-electron chi connectivity index (χ2n) is 5.79. The second-order valence-corrected chi connectivity index (χ2v) is 7.62. The van der Waals surface area contributed by atoms with Crippen LogP contribution in [0.2, 0.25) is 0 Å². The van der Waals surface area contributed by atoms with Gasteiger partial charge in [-0.15, -0.1) is 21.5 Å². The van der Waals surface area contributed by atoms with Gasteiger partial charge in [-0.05, 0) is 17.7 Å². The number of aliphatic hydroxyl groups excluding tert-OH is 1. The predicted molar refractivity (Wildman–Crippen MR) is 108 cm³/mol. The smallest absolute Gasteiger partial charge is 0.196 e. The number of nitrogens with two attached hydrogens (primary N) is 1. The van der Waals surface area contributed by atoms with E-state index < -0.39 is 6.10 Å². The van der Waals surface area contributed by atoms with Gasteiger partial charge in [-0.1, -0.05) is 60.3 Å². The minimum Gasteiger partial charge on any atom is -0.380 e. The molecule has 4 aromatic rings. The quantitative estimate of drug-likeness (QED) is 0.484. The molecule has 3 N–H and O–H groups in total. The van der Waals surface area contributed by atoms with Crippen LogP contribution in [0.15, 0.2) is 71.2 Å². The average molecular weight is 396 g/mol. The van der Waals surface area contributed by atoms with E-state index in [1.807, 2.05) is 70.6 Å². The molecule has 0 aliphatic rings. The van der Waals surface area contributed by atoms with Gasteiger partial charge in [0, 0.05) is 16.8 Å². The highest BCUT2D eigenvalue weighted by Crippen LogP contribution is 2.30. The minimum atomic E-state index is -0.872. The normalized spacial score (nSPS) is 12.2. The summed E-state index contributed by atoms with van der Waals surface area (Å²) in [6.45, 7) is 0. The van der Waals surface area contributed by atoms with Crippen molar-refractivity contribution in [2.24, 2.45) is 0 Å². The Morgan fingerprint density at radius 1 is 1.04 bits per heavy atom. The summed E-state index contributed by atoms with van der Waals surface area (Å²) in [5.41, 5.74) is 8.27. The first kappa shape index (κ1) is 17.7. The number of nitrogen functional groups attached to an aromatic ring is 1. The fourth-order valence-corrected chi connectivity index (χ4v) is 4.20. The van der Waals surface area contributed by atoms with Crippen molar-refractivity contribution in [3.8, 4) is 5.69 Å². The van der Waals surface area contributed by atoms with Crippen LogP contribution in [0.1, 0.15) is 23.2 Å². The van der Waals surface area contributed by atoms with Gasteiger partial charge in [0.05, 0.1) is 5.69 Å². The molecule has 6 nitrogen and oxygen atoms in total. The fourth-order valence-electron chi connectivity index (χ4n) is 2.68. The Morgan fingerprint density at radius 2 is 1.74 bits per heavy atom. The molecule has 0 aliphatic heterocycles. The summed E-state index contributed by atoms with van der Waals surface area (Å²) in [7, 11) is 0. The molecule has 2 heterocycles. The maximum absolute atomic E-state index is 10.9. The molecule has 27 heavy (non-hydrogen) atoms. The molecule has 0 aliphatic carbocycles. The number of para-hydroxylation sites is 1. The van der Waals surface area contributed by atoms with E-state index in [4.69, 9.17) is 5.73 Å². The third-order valence-corrected chi connectivity index (χ3v) is 5.64. The van der Waals surface area contributed by atoms with Crippen LogP contribution in [0, 0.1) is 0 Å². The van der Waals surface area contributed by atoms with E-state index in [2.05, 4.69) is 15.2 Å². The molecule has 2 aromatic carbocycles. The number of rotatable bonds is 6. The summed E-state index contributed by atoms with van der Waals surface area (Å²) in [5.74, 6) is 1.10. The number of hydrogen-bond acceptors (Lipinski definition) is 7. The molecular formula is C19H17N5OS2. The summed E-state index contributed by atoms with van der Waals surface area (Å²) in [6, 6.07) is 19.2. The molecule has 1 atom stereocenters. The van der Waals surface area contributed by atoms with Crippen LogP contribution < -0.4 is 5.73 Å². The summed E-state index contributed by atoms with van der Waals surface area (Å²) in [5, 5.41) is 22.7. The van der Waals surface area contributed by atoms with E-state index in [1.54, 1.807) is 0 Å². The van der Waals surface area contributed by atoms with Gasteiger partial charge in [0.1, 0.15) is 6.10 Å². The zero-order valence-corrected chi connectivity index (χ0v) is 15.9. The maximum atomic E-state index is 10.9. The van der Waals surface area contributed by atoms with Crippen LogP contribution >= 0.6 is 23.1 Å². The number of aliphatic hydroxyl groups is 1. The summed E-state index contributed by atoms with van der Waals surface area (Å²) < 4.78 is 1.89. The number of benzene rings is 2. The summed E-state index contributed by atoms with van der Waals surface area (Å²) >= 11 is 2.93. The Labute approximate surface area is 164 Å². The van der Waals surface area contributed by atoms with Crippen LogP contribution in [0.25, 0.3) is 5.69 Å². The predicted octanol–water partition coefficient (Wildman–Crippen LogP) is 3.68. The summed E-state index contributed by atoms with van der Waals surface area (Å²) in [6.07, 6.45) is -0.872. The lowest BCUT2D eigenvalue weighted by molar-refractivity contribution is 0.207. The van der Waals surface area contributed by atoms with Crippen molar-refractivity contribution >= 4 is 28.2 Å². The highest BCUT2D eigenvalue weighted by Gasteiger charge is 2.22. The Hall–Kier alpha value is -2.68. The van der Waals surface area contributed by atoms with Crippen LogP contribution in [-0.4, -0.2) is 24.9 Å². The molecule has 0 amide bonds. The highest BCUT2D eigenvalue weighted by molar-refractivity contribution is 7.98. The Kier molecular flexibility index (Phi) is 5.19. The van der Waals surface area contributed by atoms with E-state index in [0.29, 0.717) is 21.9 Å². The van der Waals surface area contributed by atoms with Gasteiger partial charge in [0.15, 0.2) is 16.1 Å². The molecule has 0 fully saturated rings. The third kappa shape index (κ3) is 3.87. The number of anilines is 1. The lowest BCUT2D eigenvalue weighted by Gasteiger charge is -2.14. The number of thioether (sulfide) groups is 1. The first-order chi connectivity index (χ1) is 13.2. The van der Waals surface area contributed by atoms with Crippen molar-refractivity contribution in [2.75, 3.05) is 5.73 Å². The lowest BCUT2D eigenvalue weighted by atomic mass is 10.1. The zero-order valence-electron chi connectivity index (χ0n) is 14.3. The van der Waals surface area contributed by atoms with Crippen molar-refractivity contribution in [2.45, 2.75) is 17.0 Å². The van der Waals surface area contributed by atoms with Gasteiger partial charge in [-0.3, -0.25) is 4.57 Å². The molecule has 0 saturated carbocycles. The van der Waals surface area contributed by atoms with Crippen molar-refractivity contribution in [1.82, 2.24) is 19.7 Å². The van der Waals surface area contributed by atoms with E-state index in [1.165, 1.54) is 23.1 Å². The number of aromatic nitrogens is 4. The Balaban J connectivity index is 1.70. The van der Waals surface area contributed by atoms with Crippen LogP contribution in [0.3, 0.4) is 0 Å². The zero-order chi connectivity index (χ0) is 18.6. The topological polar surface area (TPSA) is 89.8 Å². The molecule has 0 spiro atoms. The number of nitrogens with zero attached hydrogens (tertiary/aromatic N) is 4. The maximum Gasteiger partial charge on any atom is 0.196 e. The van der Waals surface area contributed by atoms with Gasteiger partial charge in [-0.2, -0.15) is 0 Å². The van der Waals surface area contributed by atoms with Crippen molar-refractivity contribution in [3.05, 3.63) is 83.1 Å². The Morgan fingerprint density at radius 3 is 2.41 bits per heavy atom. The fraction of sp³-hybridized carbons (Fsp3) is 0.105. The van der Waals surface area contributed by atoms with Crippen molar-refractivity contribution in [1.29, 1.82) is 0 Å². The molecule has 0 radical (unpaired) electrons. The van der Waals surface area contributed by atoms with Crippen LogP contribution in [0.4, 0.5) is 5.13 Å². The molecule has 2 aromatic heterocycles. The lowest BCUT2D eigenvalue weighted by Crippen LogP contribution is -2.09. The molecule has 0 saturated heterocycles. The molecule has 0 unspecified atom stereocenters. The van der Waals surface area contributed by atoms with Gasteiger partial charge in [0.25, 0.3) is 0 Å². The largest absolute Gasteiger partial charge is 0.380 e. The van der Waals surface area contributed by atoms with Crippen molar-refractivity contribution in [3.63, 3.8) is 0 Å². The van der Waals surface area contributed by atoms with Gasteiger partial charge < -0.3 is 10.8 Å². The molecule has 0 bridgehead atoms. The molecule has 8 heteroatoms. The van der Waals surface area contributed by atoms with Gasteiger partial charge >= 0.3 is 0 Å². The second kappa shape index (κ2) is 7.91. The standard InChI is InChI=1S/C19H17N5OS2/c20-18-21-14(11-26-18)12-27-19-23-22-17(16(25)13-7-3-1-4-8-13)24(19)15-9-5-2-6-10-15/h1-11,16,25H,12H2,(H2,20,21)/t16-/m0/s1. The van der Waals surface area contributed by atoms with E-state index in [0.717, 1.165) is 16.9 Å². The minimum absolute atomic E-state index is 0.479. The van der Waals surface area contributed by atoms with E-state index in [-0.39, 0.29) is 0 Å². The van der Waals surface area contributed by atoms with Gasteiger partial charge in [-0.25, -0.2) is 4.98 Å². The first-order valence-corrected chi connectivity index (χ1v) is 10.2. The third-order valence-electron chi connectivity index (χ3n) is 3.95.